The standard InChI is InChI=1S/C35H46FN5O2/c1-37-29-10-12-30(13-11-29)41-22-16-31(17-23-41)40-20-14-26(15-21-40)35(25-39-18-5-19-39,27-6-3-7-28(36)24-27)32-8-4-9-33(32)38-34(42)43-2/h3,6-7,10-13,24,26,31-33H,4-5,8-9,14-23,25H2,2H3,(H,38,42)/t32-,33-,35-/m0/s1. The van der Waals surface area contributed by atoms with Crippen LogP contribution in [0.5, 0.6) is 0 Å². The Morgan fingerprint density at radius 3 is 2.35 bits per heavy atom. The molecule has 3 heterocycles. The molecule has 2 aromatic carbocycles. The first-order valence-electron chi connectivity index (χ1n) is 16.3. The molecular formula is C35H46FN5O2. The van der Waals surface area contributed by atoms with Gasteiger partial charge < -0.3 is 24.8 Å². The summed E-state index contributed by atoms with van der Waals surface area (Å²) < 4.78 is 20.0. The van der Waals surface area contributed by atoms with E-state index in [-0.39, 0.29) is 29.3 Å². The zero-order valence-corrected chi connectivity index (χ0v) is 25.5. The average molecular weight is 588 g/mol. The van der Waals surface area contributed by atoms with E-state index in [4.69, 9.17) is 11.3 Å². The van der Waals surface area contributed by atoms with Crippen molar-refractivity contribution in [2.45, 2.75) is 68.9 Å². The van der Waals surface area contributed by atoms with E-state index in [1.807, 2.05) is 18.2 Å². The normalized spacial score (nSPS) is 25.5. The molecule has 2 aromatic rings. The molecule has 0 spiro atoms. The maximum Gasteiger partial charge on any atom is 0.407 e. The molecule has 3 saturated heterocycles. The van der Waals surface area contributed by atoms with Crippen LogP contribution in [0.15, 0.2) is 48.5 Å². The van der Waals surface area contributed by atoms with Crippen molar-refractivity contribution in [1.82, 2.24) is 15.1 Å². The highest BCUT2D eigenvalue weighted by atomic mass is 19.1. The van der Waals surface area contributed by atoms with Gasteiger partial charge in [-0.2, -0.15) is 0 Å². The molecule has 1 N–H and O–H groups in total. The number of nitrogens with zero attached hydrogens (tertiary/aromatic N) is 4. The molecule has 3 aliphatic heterocycles. The highest BCUT2D eigenvalue weighted by molar-refractivity contribution is 5.67. The summed E-state index contributed by atoms with van der Waals surface area (Å²) in [6.07, 6.45) is 8.36. The Morgan fingerprint density at radius 2 is 1.72 bits per heavy atom. The van der Waals surface area contributed by atoms with Gasteiger partial charge in [-0.15, -0.1) is 0 Å². The first-order valence-corrected chi connectivity index (χ1v) is 16.3. The molecule has 6 rings (SSSR count). The number of methoxy groups -OCH3 is 1. The topological polar surface area (TPSA) is 52.4 Å². The monoisotopic (exact) mass is 587 g/mol. The molecule has 0 bridgehead atoms. The zero-order valence-electron chi connectivity index (χ0n) is 25.5. The van der Waals surface area contributed by atoms with Crippen molar-refractivity contribution in [3.8, 4) is 0 Å². The van der Waals surface area contributed by atoms with Crippen LogP contribution < -0.4 is 10.2 Å². The number of nitrogens with one attached hydrogen (secondary N) is 1. The zero-order chi connectivity index (χ0) is 29.8. The van der Waals surface area contributed by atoms with Crippen LogP contribution in [0.2, 0.25) is 0 Å². The average Bonchev–Trinajstić information content (AvgIpc) is 3.49. The Morgan fingerprint density at radius 1 is 0.977 bits per heavy atom. The molecule has 43 heavy (non-hydrogen) atoms. The molecule has 3 atom stereocenters. The fourth-order valence-electron chi connectivity index (χ4n) is 8.74. The number of piperidine rings is 2. The summed E-state index contributed by atoms with van der Waals surface area (Å²) in [6, 6.07) is 16.0. The summed E-state index contributed by atoms with van der Waals surface area (Å²) >= 11 is 0. The van der Waals surface area contributed by atoms with Crippen molar-refractivity contribution in [1.29, 1.82) is 0 Å². The number of halogens is 1. The van der Waals surface area contributed by atoms with Crippen molar-refractivity contribution in [2.24, 2.45) is 11.8 Å². The van der Waals surface area contributed by atoms with Gasteiger partial charge in [0.1, 0.15) is 5.82 Å². The summed E-state index contributed by atoms with van der Waals surface area (Å²) in [4.78, 5) is 23.7. The Bertz CT molecular complexity index is 1280. The van der Waals surface area contributed by atoms with Gasteiger partial charge in [0.2, 0.25) is 0 Å². The highest BCUT2D eigenvalue weighted by Gasteiger charge is 2.53. The predicted octanol–water partition coefficient (Wildman–Crippen LogP) is 6.23. The molecule has 0 aromatic heterocycles. The van der Waals surface area contributed by atoms with Crippen LogP contribution in [-0.2, 0) is 10.2 Å². The molecule has 1 amide bonds. The quantitative estimate of drug-likeness (QED) is 0.372. The SMILES string of the molecule is [C-]#[N+]c1ccc(N2CCC(N3CCC([C@@](CN4CCC4)(c4cccc(F)c4)[C@H]4CCC[C@@H]4NC(=O)OC)CC3)CC2)cc1. The third-order valence-electron chi connectivity index (χ3n) is 11.0. The van der Waals surface area contributed by atoms with Gasteiger partial charge in [-0.1, -0.05) is 30.7 Å². The molecule has 1 saturated carbocycles. The number of anilines is 1. The summed E-state index contributed by atoms with van der Waals surface area (Å²) in [5.41, 5.74) is 2.79. The number of benzene rings is 2. The summed E-state index contributed by atoms with van der Waals surface area (Å²) in [5, 5.41) is 3.20. The second kappa shape index (κ2) is 13.2. The number of amides is 1. The Balaban J connectivity index is 1.20. The second-order valence-corrected chi connectivity index (χ2v) is 13.1. The van der Waals surface area contributed by atoms with Crippen molar-refractivity contribution >= 4 is 17.5 Å². The Kier molecular flexibility index (Phi) is 9.20. The molecular weight excluding hydrogens is 541 g/mol. The second-order valence-electron chi connectivity index (χ2n) is 13.1. The number of hydrogen-bond acceptors (Lipinski definition) is 5. The molecule has 0 unspecified atom stereocenters. The molecule has 4 aliphatic rings. The smallest absolute Gasteiger partial charge is 0.407 e. The van der Waals surface area contributed by atoms with Crippen LogP contribution in [0.1, 0.15) is 56.9 Å². The summed E-state index contributed by atoms with van der Waals surface area (Å²) in [7, 11) is 1.44. The summed E-state index contributed by atoms with van der Waals surface area (Å²) in [6.45, 7) is 14.5. The lowest BCUT2D eigenvalue weighted by molar-refractivity contribution is 0.0151. The van der Waals surface area contributed by atoms with E-state index in [2.05, 4.69) is 43.1 Å². The van der Waals surface area contributed by atoms with E-state index in [0.29, 0.717) is 17.6 Å². The highest BCUT2D eigenvalue weighted by Crippen LogP contribution is 2.51. The third kappa shape index (κ3) is 6.25. The van der Waals surface area contributed by atoms with E-state index in [1.54, 1.807) is 12.1 Å². The van der Waals surface area contributed by atoms with Crippen LogP contribution in [0, 0.1) is 24.2 Å². The van der Waals surface area contributed by atoms with Gasteiger partial charge in [0.05, 0.1) is 13.7 Å². The van der Waals surface area contributed by atoms with E-state index in [0.717, 1.165) is 96.3 Å². The lowest BCUT2D eigenvalue weighted by atomic mass is 9.57. The van der Waals surface area contributed by atoms with Gasteiger partial charge in [0, 0.05) is 42.8 Å². The maximum atomic E-state index is 14.9. The lowest BCUT2D eigenvalue weighted by Crippen LogP contribution is -2.60. The first-order chi connectivity index (χ1) is 21.0. The molecule has 8 heteroatoms. The Hall–Kier alpha value is -3.15. The number of ether oxygens (including phenoxy) is 1. The van der Waals surface area contributed by atoms with Crippen LogP contribution in [0.4, 0.5) is 20.6 Å². The van der Waals surface area contributed by atoms with Gasteiger partial charge in [-0.25, -0.2) is 14.0 Å². The Labute approximate surface area is 256 Å². The molecule has 230 valence electrons. The van der Waals surface area contributed by atoms with Crippen molar-refractivity contribution in [3.05, 3.63) is 71.3 Å². The molecule has 7 nitrogen and oxygen atoms in total. The van der Waals surface area contributed by atoms with Crippen molar-refractivity contribution in [3.63, 3.8) is 0 Å². The first kappa shape index (κ1) is 29.9. The number of alkyl carbamates (subject to hydrolysis) is 1. The number of likely N-dealkylation sites (tertiary alicyclic amines) is 2. The largest absolute Gasteiger partial charge is 0.453 e. The van der Waals surface area contributed by atoms with E-state index in [1.165, 1.54) is 19.2 Å². The van der Waals surface area contributed by atoms with Crippen molar-refractivity contribution < 1.29 is 13.9 Å². The molecule has 0 radical (unpaired) electrons. The lowest BCUT2D eigenvalue weighted by Gasteiger charge is -2.54. The number of rotatable bonds is 8. The van der Waals surface area contributed by atoms with E-state index >= 15 is 0 Å². The third-order valence-corrected chi connectivity index (χ3v) is 11.0. The van der Waals surface area contributed by atoms with Crippen LogP contribution in [0.3, 0.4) is 0 Å². The number of hydrogen-bond donors (Lipinski definition) is 1. The summed E-state index contributed by atoms with van der Waals surface area (Å²) in [5.74, 6) is 0.481. The molecule has 4 fully saturated rings. The minimum absolute atomic E-state index is 0.0307. The number of carbonyl (C=O) groups is 1. The van der Waals surface area contributed by atoms with Gasteiger partial charge in [0.25, 0.3) is 0 Å². The maximum absolute atomic E-state index is 14.9. The van der Waals surface area contributed by atoms with Crippen LogP contribution in [0.25, 0.3) is 4.85 Å². The minimum Gasteiger partial charge on any atom is -0.453 e. The van der Waals surface area contributed by atoms with Gasteiger partial charge in [-0.05, 0) is 113 Å². The van der Waals surface area contributed by atoms with E-state index in [9.17, 15) is 9.18 Å². The number of carbonyl (C=O) groups excluding carboxylic acids is 1. The fourth-order valence-corrected chi connectivity index (χ4v) is 8.74. The van der Waals surface area contributed by atoms with Gasteiger partial charge in [0.15, 0.2) is 5.69 Å². The van der Waals surface area contributed by atoms with E-state index < -0.39 is 0 Å². The van der Waals surface area contributed by atoms with Gasteiger partial charge in [-0.3, -0.25) is 0 Å². The van der Waals surface area contributed by atoms with Crippen LogP contribution >= 0.6 is 0 Å². The fraction of sp³-hybridized carbons (Fsp3) is 0.600. The predicted molar refractivity (Wildman–Crippen MR) is 168 cm³/mol. The van der Waals surface area contributed by atoms with Gasteiger partial charge >= 0.3 is 6.09 Å². The minimum atomic E-state index is -0.363. The van der Waals surface area contributed by atoms with Crippen LogP contribution in [-0.4, -0.2) is 80.9 Å². The molecule has 1 aliphatic carbocycles. The van der Waals surface area contributed by atoms with Crippen molar-refractivity contribution in [2.75, 3.05) is 57.8 Å².